The van der Waals surface area contributed by atoms with E-state index in [1.165, 1.54) is 16.7 Å². The van der Waals surface area contributed by atoms with Crippen LogP contribution in [0.25, 0.3) is 0 Å². The van der Waals surface area contributed by atoms with E-state index in [0.29, 0.717) is 6.04 Å². The van der Waals surface area contributed by atoms with Crippen LogP contribution in [0, 0.1) is 6.92 Å². The molecule has 104 valence electrons. The SMILES string of the molecule is Cc1cnccc1CN1CCNCC1c1ccccc1. The Morgan fingerprint density at radius 3 is 2.90 bits per heavy atom. The Balaban J connectivity index is 1.81. The summed E-state index contributed by atoms with van der Waals surface area (Å²) in [4.78, 5) is 6.75. The van der Waals surface area contributed by atoms with E-state index in [1.54, 1.807) is 0 Å². The number of nitrogens with zero attached hydrogens (tertiary/aromatic N) is 2. The first kappa shape index (κ1) is 13.3. The first-order valence-corrected chi connectivity index (χ1v) is 7.24. The van der Waals surface area contributed by atoms with Gasteiger partial charge in [0.1, 0.15) is 0 Å². The van der Waals surface area contributed by atoms with Gasteiger partial charge >= 0.3 is 0 Å². The zero-order valence-corrected chi connectivity index (χ0v) is 11.9. The number of hydrogen-bond donors (Lipinski definition) is 1. The van der Waals surface area contributed by atoms with Crippen molar-refractivity contribution >= 4 is 0 Å². The molecular formula is C17H21N3. The molecule has 1 atom stereocenters. The molecule has 0 amide bonds. The average Bonchev–Trinajstić information content (AvgIpc) is 2.51. The van der Waals surface area contributed by atoms with E-state index in [0.717, 1.165) is 26.2 Å². The molecule has 1 aromatic carbocycles. The molecule has 3 rings (SSSR count). The van der Waals surface area contributed by atoms with E-state index in [9.17, 15) is 0 Å². The van der Waals surface area contributed by atoms with Crippen molar-refractivity contribution in [2.75, 3.05) is 19.6 Å². The normalized spacial score (nSPS) is 19.9. The maximum absolute atomic E-state index is 4.18. The maximum atomic E-state index is 4.18. The average molecular weight is 267 g/mol. The van der Waals surface area contributed by atoms with Crippen molar-refractivity contribution in [1.82, 2.24) is 15.2 Å². The number of piperazine rings is 1. The molecule has 2 heterocycles. The molecule has 3 nitrogen and oxygen atoms in total. The van der Waals surface area contributed by atoms with Gasteiger partial charge in [-0.05, 0) is 29.7 Å². The van der Waals surface area contributed by atoms with E-state index in [4.69, 9.17) is 0 Å². The minimum Gasteiger partial charge on any atom is -0.314 e. The topological polar surface area (TPSA) is 28.2 Å². The highest BCUT2D eigenvalue weighted by molar-refractivity contribution is 5.24. The van der Waals surface area contributed by atoms with Crippen LogP contribution in [0.15, 0.2) is 48.8 Å². The minimum atomic E-state index is 0.456. The van der Waals surface area contributed by atoms with Crippen LogP contribution in [0.1, 0.15) is 22.7 Å². The number of hydrogen-bond acceptors (Lipinski definition) is 3. The monoisotopic (exact) mass is 267 g/mol. The van der Waals surface area contributed by atoms with Crippen LogP contribution in [0.3, 0.4) is 0 Å². The minimum absolute atomic E-state index is 0.456. The number of benzene rings is 1. The molecule has 3 heteroatoms. The molecule has 0 radical (unpaired) electrons. The maximum Gasteiger partial charge on any atom is 0.0476 e. The Kier molecular flexibility index (Phi) is 4.09. The van der Waals surface area contributed by atoms with Crippen LogP contribution in [-0.4, -0.2) is 29.5 Å². The Morgan fingerprint density at radius 1 is 1.25 bits per heavy atom. The molecule has 1 saturated heterocycles. The predicted octanol–water partition coefficient (Wildman–Crippen LogP) is 2.54. The fraction of sp³-hybridized carbons (Fsp3) is 0.353. The third-order valence-electron chi connectivity index (χ3n) is 4.05. The van der Waals surface area contributed by atoms with Gasteiger partial charge in [0.05, 0.1) is 0 Å². The van der Waals surface area contributed by atoms with Crippen LogP contribution < -0.4 is 5.32 Å². The van der Waals surface area contributed by atoms with Gasteiger partial charge in [-0.2, -0.15) is 0 Å². The molecule has 0 bridgehead atoms. The number of pyridine rings is 1. The van der Waals surface area contributed by atoms with Gasteiger partial charge < -0.3 is 5.32 Å². The lowest BCUT2D eigenvalue weighted by Crippen LogP contribution is -2.45. The lowest BCUT2D eigenvalue weighted by atomic mass is 10.0. The predicted molar refractivity (Wildman–Crippen MR) is 81.4 cm³/mol. The molecule has 1 fully saturated rings. The van der Waals surface area contributed by atoms with E-state index >= 15 is 0 Å². The van der Waals surface area contributed by atoms with E-state index in [-0.39, 0.29) is 0 Å². The summed E-state index contributed by atoms with van der Waals surface area (Å²) in [6, 6.07) is 13.4. The summed E-state index contributed by atoms with van der Waals surface area (Å²) in [5.74, 6) is 0. The number of aromatic nitrogens is 1. The van der Waals surface area contributed by atoms with Crippen LogP contribution in [0.5, 0.6) is 0 Å². The van der Waals surface area contributed by atoms with Crippen molar-refractivity contribution < 1.29 is 0 Å². The molecule has 0 aliphatic carbocycles. The van der Waals surface area contributed by atoms with Gasteiger partial charge in [0.2, 0.25) is 0 Å². The zero-order chi connectivity index (χ0) is 13.8. The van der Waals surface area contributed by atoms with Crippen LogP contribution in [0.4, 0.5) is 0 Å². The molecule has 1 aromatic heterocycles. The molecule has 0 saturated carbocycles. The Bertz CT molecular complexity index is 553. The van der Waals surface area contributed by atoms with Gasteiger partial charge in [0, 0.05) is 44.6 Å². The summed E-state index contributed by atoms with van der Waals surface area (Å²) in [5, 5.41) is 3.51. The molecule has 1 aliphatic rings. The molecular weight excluding hydrogens is 246 g/mol. The smallest absolute Gasteiger partial charge is 0.0476 e. The highest BCUT2D eigenvalue weighted by Gasteiger charge is 2.23. The molecule has 0 spiro atoms. The molecule has 1 N–H and O–H groups in total. The van der Waals surface area contributed by atoms with E-state index in [1.807, 2.05) is 12.4 Å². The van der Waals surface area contributed by atoms with Gasteiger partial charge in [0.25, 0.3) is 0 Å². The van der Waals surface area contributed by atoms with Crippen molar-refractivity contribution in [2.45, 2.75) is 19.5 Å². The van der Waals surface area contributed by atoms with Crippen LogP contribution in [0.2, 0.25) is 0 Å². The molecule has 2 aromatic rings. The zero-order valence-electron chi connectivity index (χ0n) is 11.9. The van der Waals surface area contributed by atoms with E-state index < -0.39 is 0 Å². The lowest BCUT2D eigenvalue weighted by molar-refractivity contribution is 0.153. The van der Waals surface area contributed by atoms with Crippen molar-refractivity contribution in [3.8, 4) is 0 Å². The summed E-state index contributed by atoms with van der Waals surface area (Å²) in [7, 11) is 0. The Labute approximate surface area is 120 Å². The van der Waals surface area contributed by atoms with Crippen LogP contribution in [-0.2, 0) is 6.54 Å². The van der Waals surface area contributed by atoms with E-state index in [2.05, 4.69) is 58.5 Å². The van der Waals surface area contributed by atoms with Crippen molar-refractivity contribution in [1.29, 1.82) is 0 Å². The quantitative estimate of drug-likeness (QED) is 0.926. The lowest BCUT2D eigenvalue weighted by Gasteiger charge is -2.36. The van der Waals surface area contributed by atoms with Crippen molar-refractivity contribution in [3.05, 3.63) is 65.5 Å². The summed E-state index contributed by atoms with van der Waals surface area (Å²) < 4.78 is 0. The highest BCUT2D eigenvalue weighted by Crippen LogP contribution is 2.24. The first-order valence-electron chi connectivity index (χ1n) is 7.24. The van der Waals surface area contributed by atoms with Crippen LogP contribution >= 0.6 is 0 Å². The van der Waals surface area contributed by atoms with Gasteiger partial charge in [-0.1, -0.05) is 30.3 Å². The standard InChI is InChI=1S/C17H21N3/c1-14-11-18-8-7-16(14)13-20-10-9-19-12-17(20)15-5-3-2-4-6-15/h2-8,11,17,19H,9-10,12-13H2,1H3. The third kappa shape index (κ3) is 2.89. The number of nitrogens with one attached hydrogen (secondary N) is 1. The largest absolute Gasteiger partial charge is 0.314 e. The summed E-state index contributed by atoms with van der Waals surface area (Å²) in [6.45, 7) is 6.31. The molecule has 20 heavy (non-hydrogen) atoms. The summed E-state index contributed by atoms with van der Waals surface area (Å²) in [5.41, 5.74) is 4.05. The fourth-order valence-corrected chi connectivity index (χ4v) is 2.84. The number of rotatable bonds is 3. The Hall–Kier alpha value is -1.71. The van der Waals surface area contributed by atoms with Gasteiger partial charge in [0.15, 0.2) is 0 Å². The summed E-state index contributed by atoms with van der Waals surface area (Å²) in [6.07, 6.45) is 3.84. The second-order valence-corrected chi connectivity index (χ2v) is 5.40. The van der Waals surface area contributed by atoms with Gasteiger partial charge in [-0.3, -0.25) is 9.88 Å². The third-order valence-corrected chi connectivity index (χ3v) is 4.05. The molecule has 1 aliphatic heterocycles. The number of aryl methyl sites for hydroxylation is 1. The van der Waals surface area contributed by atoms with Gasteiger partial charge in [-0.15, -0.1) is 0 Å². The summed E-state index contributed by atoms with van der Waals surface area (Å²) >= 11 is 0. The fourth-order valence-electron chi connectivity index (χ4n) is 2.84. The Morgan fingerprint density at radius 2 is 2.10 bits per heavy atom. The molecule has 1 unspecified atom stereocenters. The second-order valence-electron chi connectivity index (χ2n) is 5.40. The highest BCUT2D eigenvalue weighted by atomic mass is 15.2. The van der Waals surface area contributed by atoms with Crippen molar-refractivity contribution in [2.24, 2.45) is 0 Å². The first-order chi connectivity index (χ1) is 9.84. The van der Waals surface area contributed by atoms with Crippen molar-refractivity contribution in [3.63, 3.8) is 0 Å². The van der Waals surface area contributed by atoms with Gasteiger partial charge in [-0.25, -0.2) is 0 Å². The second kappa shape index (κ2) is 6.16.